The molecular weight excluding hydrogens is 386 g/mol. The van der Waals surface area contributed by atoms with E-state index in [2.05, 4.69) is 5.16 Å². The smallest absolute Gasteiger partial charge is 0.341 e. The molecule has 1 atom stereocenters. The maximum Gasteiger partial charge on any atom is 0.341 e. The summed E-state index contributed by atoms with van der Waals surface area (Å²) in [5, 5.41) is 12.9. The first-order valence-corrected chi connectivity index (χ1v) is 9.22. The fraction of sp³-hybridized carbons (Fsp3) is 0.421. The summed E-state index contributed by atoms with van der Waals surface area (Å²) in [6.45, 7) is 0.624. The van der Waals surface area contributed by atoms with E-state index in [9.17, 15) is 19.1 Å². The number of hydrogen-bond acceptors (Lipinski definition) is 6. The molecule has 2 aromatic rings. The summed E-state index contributed by atoms with van der Waals surface area (Å²) in [5.74, 6) is -3.48. The van der Waals surface area contributed by atoms with Crippen molar-refractivity contribution in [1.29, 1.82) is 0 Å². The van der Waals surface area contributed by atoms with Gasteiger partial charge in [0.05, 0.1) is 23.2 Å². The van der Waals surface area contributed by atoms with Gasteiger partial charge in [0, 0.05) is 31.2 Å². The molecule has 0 bridgehead atoms. The number of aromatic nitrogens is 1. The lowest BCUT2D eigenvalue weighted by Crippen LogP contribution is -2.26. The van der Waals surface area contributed by atoms with Crippen molar-refractivity contribution in [2.75, 3.05) is 31.6 Å². The third kappa shape index (κ3) is 3.13. The Bertz CT molecular complexity index is 1090. The summed E-state index contributed by atoms with van der Waals surface area (Å²) in [7, 11) is 1.38. The molecular formula is C19H20F2N4O4. The summed E-state index contributed by atoms with van der Waals surface area (Å²) in [6, 6.07) is 0.801. The number of oxime groups is 1. The van der Waals surface area contributed by atoms with Crippen LogP contribution in [0.15, 0.2) is 22.2 Å². The minimum Gasteiger partial charge on any atom is -0.477 e. The minimum absolute atomic E-state index is 0.0830. The molecule has 3 N–H and O–H groups in total. The second-order valence-electron chi connectivity index (χ2n) is 7.31. The first-order chi connectivity index (χ1) is 13.9. The molecule has 2 aliphatic rings. The van der Waals surface area contributed by atoms with Crippen LogP contribution in [-0.4, -0.2) is 48.1 Å². The SMILES string of the molecule is CO/N=C1/CN(c2c(F)cc3c(=O)c(C(=O)O)cn(C4CC4)c3c2F)C[C@@H]1CN. The highest BCUT2D eigenvalue weighted by atomic mass is 19.1. The lowest BCUT2D eigenvalue weighted by atomic mass is 10.1. The zero-order valence-electron chi connectivity index (χ0n) is 15.7. The molecule has 1 aliphatic carbocycles. The zero-order valence-corrected chi connectivity index (χ0v) is 15.7. The number of aromatic carboxylic acids is 1. The predicted molar refractivity (Wildman–Crippen MR) is 103 cm³/mol. The van der Waals surface area contributed by atoms with Crippen LogP contribution in [0.4, 0.5) is 14.5 Å². The van der Waals surface area contributed by atoms with Crippen molar-refractivity contribution in [3.05, 3.63) is 39.7 Å². The normalized spacial score (nSPS) is 20.6. The molecule has 0 radical (unpaired) electrons. The van der Waals surface area contributed by atoms with Crippen LogP contribution in [0.1, 0.15) is 29.2 Å². The number of halogens is 2. The van der Waals surface area contributed by atoms with Crippen molar-refractivity contribution in [2.24, 2.45) is 16.8 Å². The number of carboxylic acids is 1. The lowest BCUT2D eigenvalue weighted by Gasteiger charge is -2.22. The van der Waals surface area contributed by atoms with Gasteiger partial charge >= 0.3 is 5.97 Å². The van der Waals surface area contributed by atoms with Gasteiger partial charge in [-0.15, -0.1) is 0 Å². The van der Waals surface area contributed by atoms with Gasteiger partial charge in [-0.25, -0.2) is 13.6 Å². The van der Waals surface area contributed by atoms with Crippen molar-refractivity contribution < 1.29 is 23.5 Å². The Kier molecular flexibility index (Phi) is 4.73. The molecule has 0 amide bonds. The van der Waals surface area contributed by atoms with E-state index in [1.165, 1.54) is 16.6 Å². The molecule has 29 heavy (non-hydrogen) atoms. The lowest BCUT2D eigenvalue weighted by molar-refractivity contribution is 0.0694. The highest BCUT2D eigenvalue weighted by Crippen LogP contribution is 2.40. The van der Waals surface area contributed by atoms with E-state index < -0.39 is 28.6 Å². The Morgan fingerprint density at radius 3 is 2.72 bits per heavy atom. The highest BCUT2D eigenvalue weighted by molar-refractivity contribution is 5.96. The maximum atomic E-state index is 15.6. The summed E-state index contributed by atoms with van der Waals surface area (Å²) >= 11 is 0. The van der Waals surface area contributed by atoms with Gasteiger partial charge in [-0.3, -0.25) is 4.79 Å². The van der Waals surface area contributed by atoms with E-state index in [0.29, 0.717) is 5.71 Å². The van der Waals surface area contributed by atoms with Crippen LogP contribution in [0, 0.1) is 17.6 Å². The summed E-state index contributed by atoms with van der Waals surface area (Å²) in [5.41, 5.74) is 4.55. The molecule has 1 aromatic carbocycles. The van der Waals surface area contributed by atoms with E-state index in [4.69, 9.17) is 10.6 Å². The highest BCUT2D eigenvalue weighted by Gasteiger charge is 2.35. The van der Waals surface area contributed by atoms with Crippen LogP contribution < -0.4 is 16.1 Å². The number of benzene rings is 1. The van der Waals surface area contributed by atoms with Gasteiger partial charge in [0.15, 0.2) is 5.82 Å². The van der Waals surface area contributed by atoms with E-state index >= 15 is 4.39 Å². The monoisotopic (exact) mass is 406 g/mol. The third-order valence-corrected chi connectivity index (χ3v) is 5.43. The molecule has 10 heteroatoms. The van der Waals surface area contributed by atoms with Crippen LogP contribution in [0.2, 0.25) is 0 Å². The van der Waals surface area contributed by atoms with Gasteiger partial charge in [-0.05, 0) is 18.9 Å². The van der Waals surface area contributed by atoms with E-state index in [1.807, 2.05) is 0 Å². The molecule has 2 fully saturated rings. The number of pyridine rings is 1. The van der Waals surface area contributed by atoms with E-state index in [-0.39, 0.29) is 48.2 Å². The van der Waals surface area contributed by atoms with Crippen LogP contribution in [0.3, 0.4) is 0 Å². The molecule has 8 nitrogen and oxygen atoms in total. The van der Waals surface area contributed by atoms with Crippen LogP contribution in [0.5, 0.6) is 0 Å². The molecule has 2 heterocycles. The molecule has 0 unspecified atom stereocenters. The maximum absolute atomic E-state index is 15.6. The molecule has 154 valence electrons. The number of carbonyl (C=O) groups is 1. The number of anilines is 1. The van der Waals surface area contributed by atoms with Gasteiger partial charge in [0.25, 0.3) is 0 Å². The van der Waals surface area contributed by atoms with Crippen LogP contribution in [-0.2, 0) is 4.84 Å². The third-order valence-electron chi connectivity index (χ3n) is 5.43. The Balaban J connectivity index is 1.93. The molecule has 1 saturated heterocycles. The Hall–Kier alpha value is -3.01. The topological polar surface area (TPSA) is 110 Å². The molecule has 0 spiro atoms. The van der Waals surface area contributed by atoms with Crippen molar-refractivity contribution in [2.45, 2.75) is 18.9 Å². The molecule has 1 aromatic heterocycles. The van der Waals surface area contributed by atoms with Gasteiger partial charge in [-0.1, -0.05) is 5.16 Å². The Labute approximate surface area is 164 Å². The number of fused-ring (bicyclic) bond motifs is 1. The number of hydrogen-bond donors (Lipinski definition) is 2. The number of carboxylic acid groups (broad SMARTS) is 1. The minimum atomic E-state index is -1.43. The van der Waals surface area contributed by atoms with Crippen molar-refractivity contribution in [3.8, 4) is 0 Å². The average Bonchev–Trinajstić information content (AvgIpc) is 3.44. The second kappa shape index (κ2) is 7.11. The summed E-state index contributed by atoms with van der Waals surface area (Å²) in [4.78, 5) is 30.3. The van der Waals surface area contributed by atoms with Gasteiger partial charge < -0.3 is 25.1 Å². The first-order valence-electron chi connectivity index (χ1n) is 9.22. The van der Waals surface area contributed by atoms with E-state index in [0.717, 1.165) is 25.1 Å². The predicted octanol–water partition coefficient (Wildman–Crippen LogP) is 1.71. The number of nitrogens with zero attached hydrogens (tertiary/aromatic N) is 3. The quantitative estimate of drug-likeness (QED) is 0.732. The number of rotatable bonds is 5. The zero-order chi connectivity index (χ0) is 20.9. The first kappa shape index (κ1) is 19.3. The fourth-order valence-electron chi connectivity index (χ4n) is 3.88. The van der Waals surface area contributed by atoms with Gasteiger partial charge in [0.1, 0.15) is 24.2 Å². The van der Waals surface area contributed by atoms with Crippen molar-refractivity contribution >= 4 is 28.3 Å². The molecule has 4 rings (SSSR count). The molecule has 1 aliphatic heterocycles. The molecule has 1 saturated carbocycles. The largest absolute Gasteiger partial charge is 0.477 e. The second-order valence-corrected chi connectivity index (χ2v) is 7.31. The van der Waals surface area contributed by atoms with Gasteiger partial charge in [-0.2, -0.15) is 0 Å². The van der Waals surface area contributed by atoms with Crippen molar-refractivity contribution in [1.82, 2.24) is 4.57 Å². The fourth-order valence-corrected chi connectivity index (χ4v) is 3.88. The Morgan fingerprint density at radius 1 is 1.41 bits per heavy atom. The van der Waals surface area contributed by atoms with Crippen molar-refractivity contribution in [3.63, 3.8) is 0 Å². The van der Waals surface area contributed by atoms with Gasteiger partial charge in [0.2, 0.25) is 5.43 Å². The average molecular weight is 406 g/mol. The Morgan fingerprint density at radius 2 is 2.14 bits per heavy atom. The number of nitrogens with two attached hydrogens (primary N) is 1. The van der Waals surface area contributed by atoms with Crippen LogP contribution in [0.25, 0.3) is 10.9 Å². The summed E-state index contributed by atoms with van der Waals surface area (Å²) < 4.78 is 32.0. The summed E-state index contributed by atoms with van der Waals surface area (Å²) in [6.07, 6.45) is 2.61. The van der Waals surface area contributed by atoms with Crippen LogP contribution >= 0.6 is 0 Å². The standard InChI is InChI=1S/C19H20F2N4O4/c1-29-23-14-8-24(6-9(14)5-22)17-13(20)4-11-16(15(17)21)25(10-2-3-10)7-12(18(11)26)19(27)28/h4,7,9-10H,2-3,5-6,8,22H2,1H3,(H,27,28)/b23-14-/t9-/m0/s1. The van der Waals surface area contributed by atoms with E-state index in [1.54, 1.807) is 0 Å².